The van der Waals surface area contributed by atoms with Crippen LogP contribution in [-0.2, 0) is 13.2 Å². The number of benzene rings is 2. The van der Waals surface area contributed by atoms with Gasteiger partial charge in [-0.25, -0.2) is 0 Å². The van der Waals surface area contributed by atoms with Crippen molar-refractivity contribution in [2.24, 2.45) is 0 Å². The van der Waals surface area contributed by atoms with Gasteiger partial charge in [0.15, 0.2) is 5.76 Å². The lowest BCUT2D eigenvalue weighted by molar-refractivity contribution is 0.0749. The highest BCUT2D eigenvalue weighted by Gasteiger charge is 2.20. The quantitative estimate of drug-likeness (QED) is 0.459. The van der Waals surface area contributed by atoms with Gasteiger partial charge in [0, 0.05) is 36.8 Å². The molecule has 156 valence electrons. The van der Waals surface area contributed by atoms with Crippen molar-refractivity contribution in [2.75, 3.05) is 25.0 Å². The van der Waals surface area contributed by atoms with Crippen molar-refractivity contribution in [3.8, 4) is 5.75 Å². The van der Waals surface area contributed by atoms with Gasteiger partial charge in [-0.3, -0.25) is 4.79 Å². The number of para-hydroxylation sites is 1. The summed E-state index contributed by atoms with van der Waals surface area (Å²) in [6.45, 7) is 2.97. The number of anilines is 1. The van der Waals surface area contributed by atoms with Gasteiger partial charge in [0.25, 0.3) is 5.91 Å². The summed E-state index contributed by atoms with van der Waals surface area (Å²) in [5.74, 6) is 1.55. The minimum absolute atomic E-state index is 0.138. The second-order valence-corrected chi connectivity index (χ2v) is 8.41. The molecule has 1 amide bonds. The zero-order valence-corrected chi connectivity index (χ0v) is 18.6. The molecule has 1 saturated heterocycles. The van der Waals surface area contributed by atoms with Gasteiger partial charge in [-0.2, -0.15) is 0 Å². The molecule has 0 bridgehead atoms. The Labute approximate surface area is 185 Å². The molecule has 2 heterocycles. The van der Waals surface area contributed by atoms with E-state index >= 15 is 0 Å². The fraction of sp³-hybridized carbons (Fsp3) is 0.292. The molecule has 0 radical (unpaired) electrons. The average molecular weight is 469 g/mol. The van der Waals surface area contributed by atoms with E-state index < -0.39 is 0 Å². The van der Waals surface area contributed by atoms with Gasteiger partial charge in [0.1, 0.15) is 18.1 Å². The molecular weight excluding hydrogens is 444 g/mol. The van der Waals surface area contributed by atoms with Crippen molar-refractivity contribution in [1.82, 2.24) is 4.90 Å². The van der Waals surface area contributed by atoms with Crippen LogP contribution < -0.4 is 9.64 Å². The van der Waals surface area contributed by atoms with Crippen LogP contribution in [0.1, 0.15) is 34.7 Å². The first-order valence-corrected chi connectivity index (χ1v) is 10.9. The monoisotopic (exact) mass is 468 g/mol. The molecular formula is C24H25BrN2O3. The summed E-state index contributed by atoms with van der Waals surface area (Å²) in [6.07, 6.45) is 2.45. The summed E-state index contributed by atoms with van der Waals surface area (Å²) >= 11 is 3.40. The van der Waals surface area contributed by atoms with Crippen molar-refractivity contribution in [1.29, 1.82) is 0 Å². The lowest BCUT2D eigenvalue weighted by Gasteiger charge is -2.24. The second-order valence-electron chi connectivity index (χ2n) is 7.49. The Kier molecular flexibility index (Phi) is 6.43. The number of hydrogen-bond donors (Lipinski definition) is 0. The largest absolute Gasteiger partial charge is 0.486 e. The predicted octanol–water partition coefficient (Wildman–Crippen LogP) is 5.49. The molecule has 1 aromatic heterocycles. The maximum Gasteiger partial charge on any atom is 0.289 e. The molecule has 6 heteroatoms. The van der Waals surface area contributed by atoms with Crippen LogP contribution in [0.2, 0.25) is 0 Å². The number of carbonyl (C=O) groups is 1. The number of amides is 1. The highest BCUT2D eigenvalue weighted by Crippen LogP contribution is 2.26. The molecule has 0 unspecified atom stereocenters. The van der Waals surface area contributed by atoms with Crippen LogP contribution >= 0.6 is 15.9 Å². The zero-order chi connectivity index (χ0) is 20.9. The summed E-state index contributed by atoms with van der Waals surface area (Å²) in [5, 5.41) is 0. The van der Waals surface area contributed by atoms with Crippen LogP contribution in [0.25, 0.3) is 0 Å². The predicted molar refractivity (Wildman–Crippen MR) is 121 cm³/mol. The van der Waals surface area contributed by atoms with Crippen molar-refractivity contribution in [2.45, 2.75) is 26.0 Å². The topological polar surface area (TPSA) is 45.9 Å². The summed E-state index contributed by atoms with van der Waals surface area (Å²) in [6, 6.07) is 19.4. The maximum absolute atomic E-state index is 12.9. The third kappa shape index (κ3) is 4.87. The Bertz CT molecular complexity index is 994. The summed E-state index contributed by atoms with van der Waals surface area (Å²) in [5.41, 5.74) is 2.37. The van der Waals surface area contributed by atoms with E-state index in [9.17, 15) is 4.79 Å². The molecule has 4 rings (SSSR count). The summed E-state index contributed by atoms with van der Waals surface area (Å²) in [4.78, 5) is 17.0. The first-order chi connectivity index (χ1) is 14.6. The number of furan rings is 1. The Balaban J connectivity index is 1.38. The van der Waals surface area contributed by atoms with Crippen molar-refractivity contribution in [3.05, 3.63) is 82.2 Å². The number of carbonyl (C=O) groups excluding carboxylic acids is 1. The summed E-state index contributed by atoms with van der Waals surface area (Å²) in [7, 11) is 1.81. The molecule has 0 spiro atoms. The van der Waals surface area contributed by atoms with E-state index in [-0.39, 0.29) is 12.5 Å². The lowest BCUT2D eigenvalue weighted by Crippen LogP contribution is -2.27. The minimum Gasteiger partial charge on any atom is -0.486 e. The first kappa shape index (κ1) is 20.5. The highest BCUT2D eigenvalue weighted by molar-refractivity contribution is 9.10. The minimum atomic E-state index is -0.138. The van der Waals surface area contributed by atoms with Gasteiger partial charge >= 0.3 is 0 Å². The Morgan fingerprint density at radius 3 is 2.57 bits per heavy atom. The molecule has 2 aromatic carbocycles. The average Bonchev–Trinajstić information content (AvgIpc) is 3.45. The van der Waals surface area contributed by atoms with E-state index in [4.69, 9.17) is 9.15 Å². The molecule has 1 aliphatic rings. The van der Waals surface area contributed by atoms with Gasteiger partial charge in [-0.15, -0.1) is 0 Å². The number of rotatable bonds is 7. The molecule has 0 atom stereocenters. The van der Waals surface area contributed by atoms with Gasteiger partial charge < -0.3 is 19.0 Å². The molecule has 1 fully saturated rings. The molecule has 0 N–H and O–H groups in total. The number of halogens is 1. The maximum atomic E-state index is 12.9. The third-order valence-corrected chi connectivity index (χ3v) is 5.79. The fourth-order valence-electron chi connectivity index (χ4n) is 3.68. The van der Waals surface area contributed by atoms with E-state index in [1.165, 1.54) is 18.5 Å². The van der Waals surface area contributed by atoms with Crippen LogP contribution in [0.4, 0.5) is 5.69 Å². The van der Waals surface area contributed by atoms with Crippen LogP contribution in [0.5, 0.6) is 5.75 Å². The second kappa shape index (κ2) is 9.39. The number of hydrogen-bond acceptors (Lipinski definition) is 4. The van der Waals surface area contributed by atoms with Crippen molar-refractivity contribution in [3.63, 3.8) is 0 Å². The van der Waals surface area contributed by atoms with Crippen molar-refractivity contribution < 1.29 is 13.9 Å². The van der Waals surface area contributed by atoms with E-state index in [1.807, 2.05) is 37.4 Å². The smallest absolute Gasteiger partial charge is 0.289 e. The van der Waals surface area contributed by atoms with E-state index in [0.717, 1.165) is 28.9 Å². The Morgan fingerprint density at radius 2 is 1.80 bits per heavy atom. The van der Waals surface area contributed by atoms with Crippen molar-refractivity contribution >= 4 is 27.5 Å². The number of nitrogens with zero attached hydrogens (tertiary/aromatic N) is 2. The lowest BCUT2D eigenvalue weighted by atomic mass is 10.1. The van der Waals surface area contributed by atoms with E-state index in [0.29, 0.717) is 18.1 Å². The van der Waals surface area contributed by atoms with Gasteiger partial charge in [0.05, 0.1) is 0 Å². The molecule has 5 nitrogen and oxygen atoms in total. The normalized spacial score (nSPS) is 13.5. The fourth-order valence-corrected chi connectivity index (χ4v) is 3.95. The van der Waals surface area contributed by atoms with Crippen LogP contribution in [-0.4, -0.2) is 30.9 Å². The Hall–Kier alpha value is -2.73. The Morgan fingerprint density at radius 1 is 1.07 bits per heavy atom. The first-order valence-electron chi connectivity index (χ1n) is 10.2. The zero-order valence-electron chi connectivity index (χ0n) is 17.0. The number of ether oxygens (including phenoxy) is 1. The van der Waals surface area contributed by atoms with Gasteiger partial charge in [0.2, 0.25) is 0 Å². The van der Waals surface area contributed by atoms with E-state index in [2.05, 4.69) is 39.0 Å². The third-order valence-electron chi connectivity index (χ3n) is 5.26. The van der Waals surface area contributed by atoms with Gasteiger partial charge in [-0.1, -0.05) is 34.1 Å². The van der Waals surface area contributed by atoms with Gasteiger partial charge in [-0.05, 0) is 60.9 Å². The highest BCUT2D eigenvalue weighted by atomic mass is 79.9. The molecule has 30 heavy (non-hydrogen) atoms. The molecule has 0 aliphatic carbocycles. The molecule has 3 aromatic rings. The SMILES string of the molecule is CN(Cc1ccccc1N1CCCC1)C(=O)c1ccc(COc2ccc(Br)cc2)o1. The van der Waals surface area contributed by atoms with Crippen LogP contribution in [0.3, 0.4) is 0 Å². The van der Waals surface area contributed by atoms with Crippen LogP contribution in [0, 0.1) is 0 Å². The standard InChI is InChI=1S/C24H25BrN2O3/c1-26(16-18-6-2-3-7-22(18)27-14-4-5-15-27)24(28)23-13-12-21(30-23)17-29-20-10-8-19(25)9-11-20/h2-3,6-13H,4-5,14-17H2,1H3. The van der Waals surface area contributed by atoms with E-state index in [1.54, 1.807) is 17.0 Å². The van der Waals surface area contributed by atoms with Crippen LogP contribution in [0.15, 0.2) is 69.6 Å². The summed E-state index contributed by atoms with van der Waals surface area (Å²) < 4.78 is 12.5. The molecule has 1 aliphatic heterocycles. The molecule has 0 saturated carbocycles.